The van der Waals surface area contributed by atoms with Crippen LogP contribution >= 0.6 is 0 Å². The Morgan fingerprint density at radius 1 is 1.11 bits per heavy atom. The molecule has 0 atom stereocenters. The molecule has 0 amide bonds. The number of nitrogens with one attached hydrogen (secondary N) is 1. The van der Waals surface area contributed by atoms with E-state index in [4.69, 9.17) is 0 Å². The zero-order valence-electron chi connectivity index (χ0n) is 16.7. The SMILES string of the molecule is CCn1nc(C)c(CNC2CCN(S(=O)(=O)c3ccc(C)cc3)CC2)c1C. The van der Waals surface area contributed by atoms with E-state index in [-0.39, 0.29) is 0 Å². The first-order valence-corrected chi connectivity index (χ1v) is 11.1. The summed E-state index contributed by atoms with van der Waals surface area (Å²) in [5.41, 5.74) is 4.60. The molecule has 0 bridgehead atoms. The van der Waals surface area contributed by atoms with E-state index in [1.54, 1.807) is 16.4 Å². The number of sulfonamides is 1. The average molecular weight is 391 g/mol. The molecule has 1 saturated heterocycles. The van der Waals surface area contributed by atoms with Crippen molar-refractivity contribution in [3.8, 4) is 0 Å². The monoisotopic (exact) mass is 390 g/mol. The smallest absolute Gasteiger partial charge is 0.243 e. The van der Waals surface area contributed by atoms with E-state index in [9.17, 15) is 8.42 Å². The fourth-order valence-electron chi connectivity index (χ4n) is 3.70. The highest BCUT2D eigenvalue weighted by Gasteiger charge is 2.29. The minimum absolute atomic E-state index is 0.332. The van der Waals surface area contributed by atoms with Crippen LogP contribution in [0.3, 0.4) is 0 Å². The first kappa shape index (κ1) is 20.0. The second-order valence-corrected chi connectivity index (χ2v) is 9.28. The quantitative estimate of drug-likeness (QED) is 0.824. The molecule has 148 valence electrons. The Bertz CT molecular complexity index is 879. The largest absolute Gasteiger partial charge is 0.310 e. The molecule has 0 aliphatic carbocycles. The zero-order chi connectivity index (χ0) is 19.6. The summed E-state index contributed by atoms with van der Waals surface area (Å²) in [6, 6.07) is 7.43. The summed E-state index contributed by atoms with van der Waals surface area (Å²) >= 11 is 0. The third-order valence-electron chi connectivity index (χ3n) is 5.51. The lowest BCUT2D eigenvalue weighted by Crippen LogP contribution is -2.44. The Kier molecular flexibility index (Phi) is 6.03. The van der Waals surface area contributed by atoms with Crippen molar-refractivity contribution in [2.24, 2.45) is 0 Å². The van der Waals surface area contributed by atoms with Crippen molar-refractivity contribution in [3.63, 3.8) is 0 Å². The van der Waals surface area contributed by atoms with Crippen molar-refractivity contribution in [1.29, 1.82) is 0 Å². The standard InChI is InChI=1S/C20H30N4O2S/c1-5-24-17(4)20(16(3)22-24)14-21-18-10-12-23(13-11-18)27(25,26)19-8-6-15(2)7-9-19/h6-9,18,21H,5,10-14H2,1-4H3. The van der Waals surface area contributed by atoms with Crippen molar-refractivity contribution >= 4 is 10.0 Å². The summed E-state index contributed by atoms with van der Waals surface area (Å²) in [4.78, 5) is 0.387. The molecule has 0 saturated carbocycles. The van der Waals surface area contributed by atoms with Gasteiger partial charge in [-0.3, -0.25) is 4.68 Å². The van der Waals surface area contributed by atoms with Gasteiger partial charge in [-0.05, 0) is 52.7 Å². The topological polar surface area (TPSA) is 67.2 Å². The molecular weight excluding hydrogens is 360 g/mol. The van der Waals surface area contributed by atoms with Crippen LogP contribution in [0.1, 0.15) is 42.3 Å². The van der Waals surface area contributed by atoms with E-state index >= 15 is 0 Å². The molecule has 27 heavy (non-hydrogen) atoms. The van der Waals surface area contributed by atoms with E-state index < -0.39 is 10.0 Å². The van der Waals surface area contributed by atoms with Crippen LogP contribution in [-0.4, -0.2) is 41.6 Å². The van der Waals surface area contributed by atoms with Crippen molar-refractivity contribution in [2.75, 3.05) is 13.1 Å². The molecule has 1 aliphatic heterocycles. The highest BCUT2D eigenvalue weighted by molar-refractivity contribution is 7.89. The van der Waals surface area contributed by atoms with E-state index in [1.165, 1.54) is 11.3 Å². The van der Waals surface area contributed by atoms with Crippen LogP contribution in [-0.2, 0) is 23.1 Å². The van der Waals surface area contributed by atoms with Gasteiger partial charge in [0, 0.05) is 43.5 Å². The minimum atomic E-state index is -3.39. The summed E-state index contributed by atoms with van der Waals surface area (Å²) in [6.07, 6.45) is 1.65. The maximum absolute atomic E-state index is 12.8. The Hall–Kier alpha value is -1.70. The molecule has 0 spiro atoms. The predicted octanol–water partition coefficient (Wildman–Crippen LogP) is 2.77. The van der Waals surface area contributed by atoms with E-state index in [2.05, 4.69) is 24.3 Å². The van der Waals surface area contributed by atoms with Crippen molar-refractivity contribution < 1.29 is 8.42 Å². The average Bonchev–Trinajstić information content (AvgIpc) is 2.94. The van der Waals surface area contributed by atoms with Crippen LogP contribution in [0.15, 0.2) is 29.2 Å². The maximum Gasteiger partial charge on any atom is 0.243 e. The van der Waals surface area contributed by atoms with E-state index in [0.29, 0.717) is 24.0 Å². The molecule has 0 radical (unpaired) electrons. The molecule has 1 aromatic carbocycles. The Labute approximate surface area is 162 Å². The fourth-order valence-corrected chi connectivity index (χ4v) is 5.17. The number of hydrogen-bond acceptors (Lipinski definition) is 4. The van der Waals surface area contributed by atoms with E-state index in [1.807, 2.05) is 30.7 Å². The van der Waals surface area contributed by atoms with Crippen molar-refractivity contribution in [3.05, 3.63) is 46.8 Å². The minimum Gasteiger partial charge on any atom is -0.310 e. The second-order valence-electron chi connectivity index (χ2n) is 7.34. The summed E-state index contributed by atoms with van der Waals surface area (Å²) in [5.74, 6) is 0. The number of benzene rings is 1. The van der Waals surface area contributed by atoms with Crippen molar-refractivity contribution in [2.45, 2.75) is 64.6 Å². The predicted molar refractivity (Wildman–Crippen MR) is 107 cm³/mol. The second kappa shape index (κ2) is 8.12. The molecule has 1 aliphatic rings. The van der Waals surface area contributed by atoms with Crippen molar-refractivity contribution in [1.82, 2.24) is 19.4 Å². The van der Waals surface area contributed by atoms with Gasteiger partial charge in [-0.2, -0.15) is 9.40 Å². The van der Waals surface area contributed by atoms with Crippen LogP contribution in [0.4, 0.5) is 0 Å². The van der Waals surface area contributed by atoms with Gasteiger partial charge in [0.2, 0.25) is 10.0 Å². The molecule has 6 nitrogen and oxygen atoms in total. The summed E-state index contributed by atoms with van der Waals surface area (Å²) in [5, 5.41) is 8.17. The fraction of sp³-hybridized carbons (Fsp3) is 0.550. The van der Waals surface area contributed by atoms with Crippen LogP contribution in [0.2, 0.25) is 0 Å². The molecule has 2 aromatic rings. The molecule has 1 N–H and O–H groups in total. The maximum atomic E-state index is 12.8. The van der Waals surface area contributed by atoms with Crippen LogP contribution in [0.5, 0.6) is 0 Å². The van der Waals surface area contributed by atoms with Gasteiger partial charge >= 0.3 is 0 Å². The lowest BCUT2D eigenvalue weighted by molar-refractivity contribution is 0.288. The van der Waals surface area contributed by atoms with Gasteiger partial charge in [-0.1, -0.05) is 17.7 Å². The zero-order valence-corrected chi connectivity index (χ0v) is 17.5. The third kappa shape index (κ3) is 4.25. The summed E-state index contributed by atoms with van der Waals surface area (Å²) in [7, 11) is -3.39. The van der Waals surface area contributed by atoms with Gasteiger partial charge < -0.3 is 5.32 Å². The highest BCUT2D eigenvalue weighted by atomic mass is 32.2. The Morgan fingerprint density at radius 2 is 1.74 bits per heavy atom. The normalized spacial score (nSPS) is 16.7. The van der Waals surface area contributed by atoms with Gasteiger partial charge in [0.1, 0.15) is 0 Å². The first-order valence-electron chi connectivity index (χ1n) is 9.66. The van der Waals surface area contributed by atoms with Crippen LogP contribution in [0.25, 0.3) is 0 Å². The summed E-state index contributed by atoms with van der Waals surface area (Å²) in [6.45, 7) is 11.0. The lowest BCUT2D eigenvalue weighted by Gasteiger charge is -2.31. The molecular formula is C20H30N4O2S. The number of aromatic nitrogens is 2. The number of rotatable bonds is 6. The lowest BCUT2D eigenvalue weighted by atomic mass is 10.1. The summed E-state index contributed by atoms with van der Waals surface area (Å²) < 4.78 is 29.3. The third-order valence-corrected chi connectivity index (χ3v) is 7.42. The number of nitrogens with zero attached hydrogens (tertiary/aromatic N) is 3. The van der Waals surface area contributed by atoms with E-state index in [0.717, 1.165) is 37.2 Å². The molecule has 1 fully saturated rings. The van der Waals surface area contributed by atoms with Gasteiger partial charge in [-0.15, -0.1) is 0 Å². The Morgan fingerprint density at radius 3 is 2.30 bits per heavy atom. The molecule has 1 aromatic heterocycles. The number of aryl methyl sites for hydroxylation is 3. The molecule has 0 unspecified atom stereocenters. The number of hydrogen-bond donors (Lipinski definition) is 1. The molecule has 7 heteroatoms. The first-order chi connectivity index (χ1) is 12.8. The van der Waals surface area contributed by atoms with Crippen LogP contribution in [0, 0.1) is 20.8 Å². The molecule has 3 rings (SSSR count). The van der Waals surface area contributed by atoms with Gasteiger partial charge in [0.25, 0.3) is 0 Å². The van der Waals surface area contributed by atoms with Gasteiger partial charge in [-0.25, -0.2) is 8.42 Å². The number of piperidine rings is 1. The van der Waals surface area contributed by atoms with Gasteiger partial charge in [0.15, 0.2) is 0 Å². The van der Waals surface area contributed by atoms with Crippen LogP contribution < -0.4 is 5.32 Å². The van der Waals surface area contributed by atoms with Gasteiger partial charge in [0.05, 0.1) is 10.6 Å². The highest BCUT2D eigenvalue weighted by Crippen LogP contribution is 2.22. The Balaban J connectivity index is 1.58. The molecule has 2 heterocycles.